The Morgan fingerprint density at radius 3 is 2.71 bits per heavy atom. The molecule has 0 fully saturated rings. The minimum absolute atomic E-state index is 0.209. The fraction of sp³-hybridized carbons (Fsp3) is 0.273. The fourth-order valence-corrected chi connectivity index (χ4v) is 4.45. The first-order valence-electron chi connectivity index (χ1n) is 10.1. The minimum atomic E-state index is -3.56. The van der Waals surface area contributed by atoms with Gasteiger partial charge in [0.15, 0.2) is 0 Å². The lowest BCUT2D eigenvalue weighted by Gasteiger charge is -2.13. The van der Waals surface area contributed by atoms with Gasteiger partial charge in [-0.25, -0.2) is 18.1 Å². The van der Waals surface area contributed by atoms with Crippen molar-refractivity contribution in [3.05, 3.63) is 65.9 Å². The number of fused-ring (bicyclic) bond motifs is 4. The SMILES string of the molecule is COc1ccc(CCc2cnc3nc2NCCCNS(=O)(=O)c2cccc(c2)N3)cc1. The number of benzene rings is 2. The monoisotopic (exact) mass is 439 g/mol. The van der Waals surface area contributed by atoms with Gasteiger partial charge >= 0.3 is 0 Å². The smallest absolute Gasteiger partial charge is 0.240 e. The van der Waals surface area contributed by atoms with Gasteiger partial charge in [-0.05, 0) is 55.2 Å². The Balaban J connectivity index is 1.56. The maximum atomic E-state index is 12.5. The summed E-state index contributed by atoms with van der Waals surface area (Å²) in [6.07, 6.45) is 4.07. The van der Waals surface area contributed by atoms with Crippen LogP contribution in [0.25, 0.3) is 0 Å². The maximum Gasteiger partial charge on any atom is 0.240 e. The molecule has 0 aliphatic carbocycles. The second-order valence-electron chi connectivity index (χ2n) is 7.25. The van der Waals surface area contributed by atoms with Crippen LogP contribution >= 0.6 is 0 Å². The molecule has 0 atom stereocenters. The minimum Gasteiger partial charge on any atom is -0.497 e. The normalized spacial score (nSPS) is 15.4. The standard InChI is InChI=1S/C22H25N5O3S/c1-30-19-10-7-16(8-11-19)6-9-17-15-24-22-26-18-4-2-5-20(14-18)31(28,29)25-13-3-12-23-21(17)27-22/h2,4-5,7-8,10-11,14-15,25H,3,6,9,12-13H2,1H3,(H2,23,24,26,27). The molecule has 1 aliphatic heterocycles. The van der Waals surface area contributed by atoms with Crippen molar-refractivity contribution in [2.45, 2.75) is 24.2 Å². The number of ether oxygens (including phenoxy) is 1. The van der Waals surface area contributed by atoms with E-state index in [2.05, 4.69) is 37.5 Å². The molecule has 8 nitrogen and oxygen atoms in total. The molecule has 1 aromatic heterocycles. The van der Waals surface area contributed by atoms with Gasteiger partial charge in [-0.2, -0.15) is 4.98 Å². The summed E-state index contributed by atoms with van der Waals surface area (Å²) in [5.74, 6) is 2.00. The second-order valence-corrected chi connectivity index (χ2v) is 9.01. The van der Waals surface area contributed by atoms with Crippen molar-refractivity contribution in [3.63, 3.8) is 0 Å². The Bertz CT molecular complexity index is 1150. The number of nitrogens with one attached hydrogen (secondary N) is 3. The van der Waals surface area contributed by atoms with E-state index in [1.807, 2.05) is 18.3 Å². The first-order chi connectivity index (χ1) is 15.0. The van der Waals surface area contributed by atoms with Gasteiger partial charge in [-0.3, -0.25) is 0 Å². The molecule has 2 heterocycles. The largest absolute Gasteiger partial charge is 0.497 e. The lowest BCUT2D eigenvalue weighted by molar-refractivity contribution is 0.414. The molecule has 0 unspecified atom stereocenters. The van der Waals surface area contributed by atoms with Gasteiger partial charge in [-0.15, -0.1) is 0 Å². The van der Waals surface area contributed by atoms with E-state index in [0.717, 1.165) is 30.0 Å². The van der Waals surface area contributed by atoms with Crippen LogP contribution in [0, 0.1) is 0 Å². The van der Waals surface area contributed by atoms with Crippen LogP contribution in [-0.2, 0) is 22.9 Å². The lowest BCUT2D eigenvalue weighted by atomic mass is 10.1. The van der Waals surface area contributed by atoms with Gasteiger partial charge in [0, 0.05) is 30.5 Å². The molecule has 1 aliphatic rings. The molecule has 4 rings (SSSR count). The van der Waals surface area contributed by atoms with Crippen LogP contribution in [0.15, 0.2) is 59.6 Å². The Kier molecular flexibility index (Phi) is 6.34. The van der Waals surface area contributed by atoms with Crippen molar-refractivity contribution < 1.29 is 13.2 Å². The zero-order valence-electron chi connectivity index (χ0n) is 17.3. The number of anilines is 3. The summed E-state index contributed by atoms with van der Waals surface area (Å²) in [6, 6.07) is 14.6. The number of hydrogen-bond acceptors (Lipinski definition) is 7. The predicted octanol–water partition coefficient (Wildman–Crippen LogP) is 3.11. The van der Waals surface area contributed by atoms with Crippen molar-refractivity contribution in [2.75, 3.05) is 30.8 Å². The summed E-state index contributed by atoms with van der Waals surface area (Å²) in [5, 5.41) is 6.44. The van der Waals surface area contributed by atoms with Crippen LogP contribution in [0.2, 0.25) is 0 Å². The molecule has 4 bridgehead atoms. The third-order valence-corrected chi connectivity index (χ3v) is 6.50. The Morgan fingerprint density at radius 1 is 1.06 bits per heavy atom. The third kappa shape index (κ3) is 5.31. The number of hydrogen-bond donors (Lipinski definition) is 3. The van der Waals surface area contributed by atoms with Gasteiger partial charge < -0.3 is 15.4 Å². The van der Waals surface area contributed by atoms with E-state index in [4.69, 9.17) is 4.74 Å². The highest BCUT2D eigenvalue weighted by Crippen LogP contribution is 2.22. The lowest BCUT2D eigenvalue weighted by Crippen LogP contribution is -2.26. The number of sulfonamides is 1. The summed E-state index contributed by atoms with van der Waals surface area (Å²) in [4.78, 5) is 9.29. The van der Waals surface area contributed by atoms with Crippen LogP contribution < -0.4 is 20.1 Å². The third-order valence-electron chi connectivity index (χ3n) is 5.05. The quantitative estimate of drug-likeness (QED) is 0.574. The summed E-state index contributed by atoms with van der Waals surface area (Å²) in [5.41, 5.74) is 2.82. The average molecular weight is 440 g/mol. The van der Waals surface area contributed by atoms with Gasteiger partial charge in [0.2, 0.25) is 16.0 Å². The highest BCUT2D eigenvalue weighted by Gasteiger charge is 2.15. The maximum absolute atomic E-state index is 12.5. The molecule has 0 saturated carbocycles. The molecular weight excluding hydrogens is 414 g/mol. The van der Waals surface area contributed by atoms with E-state index >= 15 is 0 Å². The molecule has 162 valence electrons. The van der Waals surface area contributed by atoms with Crippen LogP contribution in [0.3, 0.4) is 0 Å². The van der Waals surface area contributed by atoms with Crippen molar-refractivity contribution in [1.82, 2.24) is 14.7 Å². The number of methoxy groups -OCH3 is 1. The van der Waals surface area contributed by atoms with Crippen molar-refractivity contribution in [1.29, 1.82) is 0 Å². The summed E-state index contributed by atoms with van der Waals surface area (Å²) in [7, 11) is -1.90. The topological polar surface area (TPSA) is 105 Å². The van der Waals surface area contributed by atoms with Gasteiger partial charge in [0.25, 0.3) is 0 Å². The van der Waals surface area contributed by atoms with Gasteiger partial charge in [0.1, 0.15) is 11.6 Å². The van der Waals surface area contributed by atoms with Crippen LogP contribution in [0.5, 0.6) is 5.75 Å². The molecule has 31 heavy (non-hydrogen) atoms. The molecule has 2 aromatic carbocycles. The number of aryl methyl sites for hydroxylation is 2. The van der Waals surface area contributed by atoms with Crippen molar-refractivity contribution in [3.8, 4) is 5.75 Å². The molecule has 3 aromatic rings. The fourth-order valence-electron chi connectivity index (χ4n) is 3.33. The van der Waals surface area contributed by atoms with E-state index in [1.54, 1.807) is 31.4 Å². The molecule has 9 heteroatoms. The average Bonchev–Trinajstić information content (AvgIpc) is 2.78. The molecule has 0 radical (unpaired) electrons. The molecular formula is C22H25N5O3S. The van der Waals surface area contributed by atoms with Crippen LogP contribution in [0.4, 0.5) is 17.5 Å². The predicted molar refractivity (Wildman–Crippen MR) is 120 cm³/mol. The van der Waals surface area contributed by atoms with E-state index < -0.39 is 10.0 Å². The number of nitrogens with zero attached hydrogens (tertiary/aromatic N) is 2. The van der Waals surface area contributed by atoms with Crippen LogP contribution in [-0.4, -0.2) is 38.6 Å². The molecule has 0 saturated heterocycles. The molecule has 0 amide bonds. The van der Waals surface area contributed by atoms with E-state index in [-0.39, 0.29) is 4.90 Å². The van der Waals surface area contributed by atoms with E-state index in [9.17, 15) is 8.42 Å². The highest BCUT2D eigenvalue weighted by molar-refractivity contribution is 7.89. The zero-order valence-corrected chi connectivity index (χ0v) is 18.1. The first-order valence-corrected chi connectivity index (χ1v) is 11.6. The van der Waals surface area contributed by atoms with Gasteiger partial charge in [-0.1, -0.05) is 18.2 Å². The van der Waals surface area contributed by atoms with E-state index in [0.29, 0.717) is 31.1 Å². The van der Waals surface area contributed by atoms with Gasteiger partial charge in [0.05, 0.1) is 12.0 Å². The highest BCUT2D eigenvalue weighted by atomic mass is 32.2. The first kappa shape index (κ1) is 21.1. The zero-order chi connectivity index (χ0) is 21.7. The van der Waals surface area contributed by atoms with E-state index in [1.165, 1.54) is 5.56 Å². The summed E-state index contributed by atoms with van der Waals surface area (Å²) in [6.45, 7) is 0.929. The summed E-state index contributed by atoms with van der Waals surface area (Å²) < 4.78 is 32.8. The van der Waals surface area contributed by atoms with Crippen molar-refractivity contribution in [2.24, 2.45) is 0 Å². The summed E-state index contributed by atoms with van der Waals surface area (Å²) >= 11 is 0. The second kappa shape index (κ2) is 9.32. The Morgan fingerprint density at radius 2 is 1.90 bits per heavy atom. The number of rotatable bonds is 4. The Labute approximate surface area is 182 Å². The van der Waals surface area contributed by atoms with Crippen LogP contribution in [0.1, 0.15) is 17.5 Å². The van der Waals surface area contributed by atoms with Crippen molar-refractivity contribution >= 4 is 27.5 Å². The molecule has 0 spiro atoms. The molecule has 3 N–H and O–H groups in total. The number of aromatic nitrogens is 2. The Hall–Kier alpha value is -3.17.